The third-order valence-electron chi connectivity index (χ3n) is 9.28. The fraction of sp³-hybridized carbons (Fsp3) is 0.227. The van der Waals surface area contributed by atoms with Crippen molar-refractivity contribution in [2.45, 2.75) is 64.2 Å². The van der Waals surface area contributed by atoms with E-state index >= 15 is 4.39 Å². The molecule has 1 aliphatic rings. The van der Waals surface area contributed by atoms with E-state index in [1.165, 1.54) is 49.3 Å². The van der Waals surface area contributed by atoms with Gasteiger partial charge in [0, 0.05) is 11.6 Å². The van der Waals surface area contributed by atoms with Crippen LogP contribution in [0.15, 0.2) is 114 Å². The Bertz CT molecular complexity index is 2130. The van der Waals surface area contributed by atoms with E-state index in [2.05, 4.69) is 73.2 Å². The number of aromatic nitrogens is 2. The molecule has 0 atom stereocenters. The standard InChI is InChI=1S/C29H22FNO.C15H16N.Ir/c30-25-17-16-23-22-9-6-10-24(26-11-4-5-18-31-26)28(22)32-29(23)27(25)21-14-12-20(13-15-21)19-7-2-1-3-8-19;1-15(2,3)13-9-10-14(16-11-13)12-7-5-4-6-8-12;/h4-6,9,12-19H,1-3,7-8H2;4-7,9-11H,1-3H3;/q-2;-1;+3. The van der Waals surface area contributed by atoms with Crippen molar-refractivity contribution in [2.75, 3.05) is 0 Å². The number of hydrogen-bond donors (Lipinski definition) is 0. The first-order chi connectivity index (χ1) is 23.4. The van der Waals surface area contributed by atoms with E-state index in [-0.39, 0.29) is 31.3 Å². The Labute approximate surface area is 302 Å². The molecule has 0 amide bonds. The summed E-state index contributed by atoms with van der Waals surface area (Å²) in [4.78, 5) is 8.88. The van der Waals surface area contributed by atoms with Crippen molar-refractivity contribution in [3.63, 3.8) is 0 Å². The molecule has 1 saturated carbocycles. The monoisotopic (exact) mass is 822 g/mol. The molecular formula is C44H38FIrN2O. The maximum absolute atomic E-state index is 15.1. The molecule has 3 aromatic heterocycles. The van der Waals surface area contributed by atoms with Gasteiger partial charge in [-0.3, -0.25) is 0 Å². The molecule has 0 N–H and O–H groups in total. The van der Waals surface area contributed by atoms with Crippen LogP contribution in [0.5, 0.6) is 0 Å². The van der Waals surface area contributed by atoms with Gasteiger partial charge in [-0.1, -0.05) is 81.8 Å². The number of furan rings is 1. The van der Waals surface area contributed by atoms with Crippen LogP contribution < -0.4 is 0 Å². The molecule has 4 aromatic carbocycles. The molecule has 49 heavy (non-hydrogen) atoms. The predicted molar refractivity (Wildman–Crippen MR) is 193 cm³/mol. The van der Waals surface area contributed by atoms with Crippen LogP contribution in [0.3, 0.4) is 0 Å². The second-order valence-corrected chi connectivity index (χ2v) is 13.5. The van der Waals surface area contributed by atoms with E-state index in [9.17, 15) is 0 Å². The number of rotatable bonds is 4. The van der Waals surface area contributed by atoms with Crippen LogP contribution in [-0.4, -0.2) is 9.97 Å². The van der Waals surface area contributed by atoms with Gasteiger partial charge in [0.25, 0.3) is 0 Å². The molecule has 1 fully saturated rings. The van der Waals surface area contributed by atoms with Crippen molar-refractivity contribution in [3.05, 3.63) is 145 Å². The Kier molecular flexibility index (Phi) is 10.5. The molecule has 0 bridgehead atoms. The largest absolute Gasteiger partial charge is 3.00 e. The summed E-state index contributed by atoms with van der Waals surface area (Å²) < 4.78 is 21.4. The van der Waals surface area contributed by atoms with Gasteiger partial charge < -0.3 is 14.4 Å². The molecule has 8 rings (SSSR count). The summed E-state index contributed by atoms with van der Waals surface area (Å²) in [5.41, 5.74) is 8.74. The molecule has 3 nitrogen and oxygen atoms in total. The Balaban J connectivity index is 0.000000208. The average Bonchev–Trinajstić information content (AvgIpc) is 3.51. The summed E-state index contributed by atoms with van der Waals surface area (Å²) in [5.74, 6) is 0.342. The van der Waals surface area contributed by atoms with Crippen LogP contribution in [0, 0.1) is 24.0 Å². The van der Waals surface area contributed by atoms with Crippen molar-refractivity contribution in [3.8, 4) is 33.6 Å². The molecule has 7 aromatic rings. The Morgan fingerprint density at radius 3 is 2.18 bits per heavy atom. The molecule has 1 aliphatic carbocycles. The first-order valence-electron chi connectivity index (χ1n) is 16.8. The van der Waals surface area contributed by atoms with Crippen molar-refractivity contribution < 1.29 is 28.9 Å². The van der Waals surface area contributed by atoms with Gasteiger partial charge in [0.05, 0.1) is 5.56 Å². The van der Waals surface area contributed by atoms with Gasteiger partial charge in [-0.05, 0) is 70.5 Å². The van der Waals surface area contributed by atoms with E-state index in [1.54, 1.807) is 12.3 Å². The number of halogens is 1. The van der Waals surface area contributed by atoms with Gasteiger partial charge in [-0.15, -0.1) is 53.7 Å². The summed E-state index contributed by atoms with van der Waals surface area (Å²) in [6.45, 7) is 6.58. The van der Waals surface area contributed by atoms with Crippen LogP contribution in [0.2, 0.25) is 0 Å². The maximum atomic E-state index is 15.1. The number of hydrogen-bond acceptors (Lipinski definition) is 3. The number of pyridine rings is 2. The average molecular weight is 822 g/mol. The smallest absolute Gasteiger partial charge is 0.512 e. The minimum Gasteiger partial charge on any atom is -0.512 e. The Hall–Kier alpha value is -4.44. The fourth-order valence-electron chi connectivity index (χ4n) is 6.60. The molecule has 0 radical (unpaired) electrons. The second-order valence-electron chi connectivity index (χ2n) is 13.5. The first kappa shape index (κ1) is 34.4. The summed E-state index contributed by atoms with van der Waals surface area (Å²) in [5, 5.41) is 1.81. The van der Waals surface area contributed by atoms with Crippen LogP contribution in [0.1, 0.15) is 69.9 Å². The molecule has 0 unspecified atom stereocenters. The first-order valence-corrected chi connectivity index (χ1v) is 16.8. The molecule has 0 spiro atoms. The normalized spacial score (nSPS) is 13.5. The third kappa shape index (κ3) is 7.44. The van der Waals surface area contributed by atoms with Crippen LogP contribution in [-0.2, 0) is 25.5 Å². The van der Waals surface area contributed by atoms with Gasteiger partial charge >= 0.3 is 20.1 Å². The minimum atomic E-state index is -0.281. The Morgan fingerprint density at radius 1 is 0.735 bits per heavy atom. The zero-order chi connectivity index (χ0) is 33.1. The molecule has 3 heterocycles. The van der Waals surface area contributed by atoms with E-state index in [0.29, 0.717) is 28.3 Å². The van der Waals surface area contributed by atoms with E-state index < -0.39 is 0 Å². The SMILES string of the molecule is CC(C)(C)c1ccc(-c2[c-]cccc2)nc1.Fc1ccc2c(oc3c(-c4[c-]cccn4)[c-]ccc32)c1-c1ccc(C2CCCCC2)cc1.[Ir+3]. The summed E-state index contributed by atoms with van der Waals surface area (Å²) in [6.07, 6.45) is 10.1. The summed E-state index contributed by atoms with van der Waals surface area (Å²) in [6, 6.07) is 40.8. The van der Waals surface area contributed by atoms with Crippen LogP contribution >= 0.6 is 0 Å². The third-order valence-corrected chi connectivity index (χ3v) is 9.28. The summed E-state index contributed by atoms with van der Waals surface area (Å²) in [7, 11) is 0. The van der Waals surface area contributed by atoms with E-state index in [0.717, 1.165) is 33.2 Å². The quantitative estimate of drug-likeness (QED) is 0.166. The van der Waals surface area contributed by atoms with E-state index in [4.69, 9.17) is 4.42 Å². The van der Waals surface area contributed by atoms with Gasteiger partial charge in [0.2, 0.25) is 0 Å². The number of nitrogens with zero attached hydrogens (tertiary/aromatic N) is 2. The molecule has 0 aliphatic heterocycles. The number of benzene rings is 4. The van der Waals surface area contributed by atoms with Gasteiger partial charge in [0.15, 0.2) is 0 Å². The molecular weight excluding hydrogens is 784 g/mol. The molecule has 0 saturated heterocycles. The second kappa shape index (κ2) is 15.0. The zero-order valence-corrected chi connectivity index (χ0v) is 30.4. The maximum Gasteiger partial charge on any atom is 3.00 e. The topological polar surface area (TPSA) is 38.9 Å². The summed E-state index contributed by atoms with van der Waals surface area (Å²) >= 11 is 0. The van der Waals surface area contributed by atoms with Crippen molar-refractivity contribution in [1.82, 2.24) is 9.97 Å². The van der Waals surface area contributed by atoms with Crippen molar-refractivity contribution in [2.24, 2.45) is 0 Å². The fourth-order valence-corrected chi connectivity index (χ4v) is 6.60. The van der Waals surface area contributed by atoms with Crippen molar-refractivity contribution >= 4 is 21.9 Å². The van der Waals surface area contributed by atoms with Crippen LogP contribution in [0.25, 0.3) is 55.6 Å². The molecule has 246 valence electrons. The Morgan fingerprint density at radius 2 is 1.51 bits per heavy atom. The minimum absolute atomic E-state index is 0. The van der Waals surface area contributed by atoms with Gasteiger partial charge in [-0.2, -0.15) is 17.7 Å². The van der Waals surface area contributed by atoms with E-state index in [1.807, 2.05) is 66.9 Å². The number of fused-ring (bicyclic) bond motifs is 3. The van der Waals surface area contributed by atoms with Crippen LogP contribution in [0.4, 0.5) is 4.39 Å². The van der Waals surface area contributed by atoms with Crippen molar-refractivity contribution in [1.29, 1.82) is 0 Å². The zero-order valence-electron chi connectivity index (χ0n) is 28.0. The van der Waals surface area contributed by atoms with Gasteiger partial charge in [0.1, 0.15) is 11.4 Å². The van der Waals surface area contributed by atoms with Gasteiger partial charge in [-0.25, -0.2) is 16.5 Å². The molecule has 5 heteroatoms. The predicted octanol–water partition coefficient (Wildman–Crippen LogP) is 11.9.